The van der Waals surface area contributed by atoms with Gasteiger partial charge in [0.25, 0.3) is 0 Å². The molecular formula is C20H21ClN4O3S2. The van der Waals surface area contributed by atoms with Gasteiger partial charge in [0.1, 0.15) is 6.54 Å². The summed E-state index contributed by atoms with van der Waals surface area (Å²) in [7, 11) is -3.60. The van der Waals surface area contributed by atoms with Crippen LogP contribution in [-0.2, 0) is 21.4 Å². The molecule has 4 rings (SSSR count). The van der Waals surface area contributed by atoms with E-state index in [0.29, 0.717) is 18.1 Å². The normalized spacial score (nSPS) is 15.6. The number of hydrogen-bond acceptors (Lipinski definition) is 5. The number of nitrogens with zero attached hydrogens (tertiary/aromatic N) is 4. The molecule has 158 valence electrons. The molecule has 1 fully saturated rings. The summed E-state index contributed by atoms with van der Waals surface area (Å²) in [5.74, 6) is -0.0445. The van der Waals surface area contributed by atoms with Gasteiger partial charge in [0.05, 0.1) is 15.9 Å². The van der Waals surface area contributed by atoms with Gasteiger partial charge >= 0.3 is 0 Å². The van der Waals surface area contributed by atoms with Crippen LogP contribution in [0.25, 0.3) is 11.0 Å². The number of rotatable bonds is 5. The summed E-state index contributed by atoms with van der Waals surface area (Å²) in [4.78, 5) is 19.4. The van der Waals surface area contributed by atoms with Gasteiger partial charge in [0.15, 0.2) is 5.16 Å². The van der Waals surface area contributed by atoms with Crippen molar-refractivity contribution in [2.45, 2.75) is 16.6 Å². The van der Waals surface area contributed by atoms with Crippen LogP contribution in [0, 0.1) is 0 Å². The maximum Gasteiger partial charge on any atom is 0.243 e. The second-order valence-electron chi connectivity index (χ2n) is 6.91. The number of imidazole rings is 1. The number of amides is 1. The third-order valence-electron chi connectivity index (χ3n) is 5.14. The molecule has 0 N–H and O–H groups in total. The summed E-state index contributed by atoms with van der Waals surface area (Å²) in [6.07, 6.45) is 1.93. The Bertz CT molecular complexity index is 1170. The van der Waals surface area contributed by atoms with E-state index in [1.54, 1.807) is 17.0 Å². The minimum atomic E-state index is -3.60. The smallest absolute Gasteiger partial charge is 0.243 e. The number of carbonyl (C=O) groups excluding carboxylic acids is 1. The molecule has 0 atom stereocenters. The van der Waals surface area contributed by atoms with Gasteiger partial charge in [0, 0.05) is 31.2 Å². The summed E-state index contributed by atoms with van der Waals surface area (Å²) in [5.41, 5.74) is 1.77. The molecular weight excluding hydrogens is 444 g/mol. The highest BCUT2D eigenvalue weighted by atomic mass is 35.5. The Morgan fingerprint density at radius 3 is 2.40 bits per heavy atom. The first-order chi connectivity index (χ1) is 14.4. The van der Waals surface area contributed by atoms with E-state index in [1.807, 2.05) is 35.1 Å². The molecule has 1 aromatic heterocycles. The highest BCUT2D eigenvalue weighted by molar-refractivity contribution is 7.98. The van der Waals surface area contributed by atoms with Crippen molar-refractivity contribution in [3.05, 3.63) is 53.6 Å². The van der Waals surface area contributed by atoms with Gasteiger partial charge in [-0.2, -0.15) is 4.31 Å². The molecule has 1 saturated heterocycles. The maximum absolute atomic E-state index is 12.9. The Hall–Kier alpha value is -2.07. The van der Waals surface area contributed by atoms with Crippen LogP contribution < -0.4 is 0 Å². The van der Waals surface area contributed by atoms with E-state index in [1.165, 1.54) is 28.2 Å². The minimum absolute atomic E-state index is 0.0445. The molecule has 0 bridgehead atoms. The van der Waals surface area contributed by atoms with Crippen LogP contribution in [0.3, 0.4) is 0 Å². The maximum atomic E-state index is 12.9. The summed E-state index contributed by atoms with van der Waals surface area (Å²) >= 11 is 7.35. The molecule has 1 amide bonds. The summed E-state index contributed by atoms with van der Waals surface area (Å²) < 4.78 is 29.0. The standard InChI is InChI=1S/C20H21ClN4O3S2/c1-29-20-22-17-4-2-3-5-18(17)25(20)14-19(26)23-10-12-24(13-11-23)30(27,28)16-8-6-15(21)7-9-16/h2-9H,10-14H2,1H3. The fraction of sp³-hybridized carbons (Fsp3) is 0.300. The highest BCUT2D eigenvalue weighted by Crippen LogP contribution is 2.23. The number of halogens is 1. The number of carbonyl (C=O) groups is 1. The first-order valence-electron chi connectivity index (χ1n) is 9.43. The number of fused-ring (bicyclic) bond motifs is 1. The van der Waals surface area contributed by atoms with Crippen LogP contribution in [0.15, 0.2) is 58.6 Å². The average molecular weight is 465 g/mol. The Labute approximate surface area is 184 Å². The number of sulfonamides is 1. The topological polar surface area (TPSA) is 75.5 Å². The second-order valence-corrected chi connectivity index (χ2v) is 10.1. The lowest BCUT2D eigenvalue weighted by atomic mass is 10.3. The Kier molecular flexibility index (Phi) is 6.06. The van der Waals surface area contributed by atoms with E-state index in [9.17, 15) is 13.2 Å². The molecule has 0 spiro atoms. The Balaban J connectivity index is 1.45. The van der Waals surface area contributed by atoms with Crippen molar-refractivity contribution < 1.29 is 13.2 Å². The first-order valence-corrected chi connectivity index (χ1v) is 12.5. The fourth-order valence-electron chi connectivity index (χ4n) is 3.53. The molecule has 2 aromatic carbocycles. The molecule has 0 saturated carbocycles. The summed E-state index contributed by atoms with van der Waals surface area (Å²) in [6, 6.07) is 13.9. The van der Waals surface area contributed by atoms with Gasteiger partial charge in [-0.1, -0.05) is 35.5 Å². The number of aromatic nitrogens is 2. The van der Waals surface area contributed by atoms with Crippen molar-refractivity contribution in [2.24, 2.45) is 0 Å². The molecule has 0 radical (unpaired) electrons. The van der Waals surface area contributed by atoms with Crippen molar-refractivity contribution in [2.75, 3.05) is 32.4 Å². The molecule has 0 aliphatic carbocycles. The van der Waals surface area contributed by atoms with Gasteiger partial charge < -0.3 is 9.47 Å². The van der Waals surface area contributed by atoms with E-state index in [-0.39, 0.29) is 30.4 Å². The van der Waals surface area contributed by atoms with Crippen molar-refractivity contribution >= 4 is 50.3 Å². The average Bonchev–Trinajstić information content (AvgIpc) is 3.11. The number of piperazine rings is 1. The van der Waals surface area contributed by atoms with Crippen molar-refractivity contribution in [3.63, 3.8) is 0 Å². The molecule has 1 aliphatic heterocycles. The molecule has 10 heteroatoms. The van der Waals surface area contributed by atoms with Crippen LogP contribution in [0.2, 0.25) is 5.02 Å². The second kappa shape index (κ2) is 8.58. The van der Waals surface area contributed by atoms with Crippen molar-refractivity contribution in [1.82, 2.24) is 18.8 Å². The first kappa shape index (κ1) is 21.2. The van der Waals surface area contributed by atoms with E-state index >= 15 is 0 Å². The van der Waals surface area contributed by atoms with Gasteiger partial charge in [0.2, 0.25) is 15.9 Å². The third kappa shape index (κ3) is 4.07. The Morgan fingerprint density at radius 1 is 1.07 bits per heavy atom. The third-order valence-corrected chi connectivity index (χ3v) is 7.98. The van der Waals surface area contributed by atoms with E-state index in [4.69, 9.17) is 11.6 Å². The van der Waals surface area contributed by atoms with Gasteiger partial charge in [-0.25, -0.2) is 13.4 Å². The number of para-hydroxylation sites is 2. The SMILES string of the molecule is CSc1nc2ccccc2n1CC(=O)N1CCN(S(=O)(=O)c2ccc(Cl)cc2)CC1. The van der Waals surface area contributed by atoms with Crippen LogP contribution in [0.1, 0.15) is 0 Å². The molecule has 0 unspecified atom stereocenters. The van der Waals surface area contributed by atoms with Gasteiger partial charge in [-0.15, -0.1) is 0 Å². The predicted octanol–water partition coefficient (Wildman–Crippen LogP) is 2.94. The number of hydrogen-bond donors (Lipinski definition) is 0. The van der Waals surface area contributed by atoms with Gasteiger partial charge in [-0.3, -0.25) is 4.79 Å². The van der Waals surface area contributed by atoms with Crippen molar-refractivity contribution in [1.29, 1.82) is 0 Å². The van der Waals surface area contributed by atoms with Crippen LogP contribution >= 0.6 is 23.4 Å². The van der Waals surface area contributed by atoms with E-state index in [2.05, 4.69) is 4.98 Å². The molecule has 1 aliphatic rings. The van der Waals surface area contributed by atoms with Gasteiger partial charge in [-0.05, 0) is 42.7 Å². The van der Waals surface area contributed by atoms with Crippen molar-refractivity contribution in [3.8, 4) is 0 Å². The fourth-order valence-corrected chi connectivity index (χ4v) is 5.65. The molecule has 2 heterocycles. The Morgan fingerprint density at radius 2 is 1.73 bits per heavy atom. The monoisotopic (exact) mass is 464 g/mol. The minimum Gasteiger partial charge on any atom is -0.339 e. The molecule has 7 nitrogen and oxygen atoms in total. The molecule has 3 aromatic rings. The summed E-state index contributed by atoms with van der Waals surface area (Å²) in [6.45, 7) is 1.41. The van der Waals surface area contributed by atoms with E-state index < -0.39 is 10.0 Å². The lowest BCUT2D eigenvalue weighted by Crippen LogP contribution is -2.51. The number of thioether (sulfide) groups is 1. The predicted molar refractivity (Wildman–Crippen MR) is 118 cm³/mol. The van der Waals surface area contributed by atoms with E-state index in [0.717, 1.165) is 16.2 Å². The zero-order valence-electron chi connectivity index (χ0n) is 16.4. The quantitative estimate of drug-likeness (QED) is 0.543. The lowest BCUT2D eigenvalue weighted by Gasteiger charge is -2.34. The van der Waals surface area contributed by atoms with Crippen LogP contribution in [0.4, 0.5) is 0 Å². The van der Waals surface area contributed by atoms with Crippen LogP contribution in [-0.4, -0.2) is 65.5 Å². The number of benzene rings is 2. The zero-order valence-corrected chi connectivity index (χ0v) is 18.8. The zero-order chi connectivity index (χ0) is 21.3. The summed E-state index contributed by atoms with van der Waals surface area (Å²) in [5, 5.41) is 1.27. The van der Waals surface area contributed by atoms with Crippen LogP contribution in [0.5, 0.6) is 0 Å². The lowest BCUT2D eigenvalue weighted by molar-refractivity contribution is -0.133. The highest BCUT2D eigenvalue weighted by Gasteiger charge is 2.30. The molecule has 30 heavy (non-hydrogen) atoms. The largest absolute Gasteiger partial charge is 0.339 e.